The molecule has 0 aliphatic carbocycles. The first-order valence-electron chi connectivity index (χ1n) is 8.04. The van der Waals surface area contributed by atoms with Crippen molar-refractivity contribution < 1.29 is 0 Å². The molecule has 0 unspecified atom stereocenters. The maximum absolute atomic E-state index is 9.52. The van der Waals surface area contributed by atoms with Crippen molar-refractivity contribution >= 4 is 56.4 Å². The van der Waals surface area contributed by atoms with Gasteiger partial charge in [0.05, 0.1) is 15.8 Å². The van der Waals surface area contributed by atoms with E-state index in [0.717, 1.165) is 21.5 Å². The van der Waals surface area contributed by atoms with Gasteiger partial charge in [-0.25, -0.2) is 15.0 Å². The zero-order valence-corrected chi connectivity index (χ0v) is 15.5. The van der Waals surface area contributed by atoms with Crippen molar-refractivity contribution in [3.05, 3.63) is 76.5 Å². The summed E-state index contributed by atoms with van der Waals surface area (Å²) in [6, 6.07) is 17.3. The summed E-state index contributed by atoms with van der Waals surface area (Å²) in [4.78, 5) is 13.1. The zero-order chi connectivity index (χ0) is 18.6. The van der Waals surface area contributed by atoms with Crippen LogP contribution in [0.4, 0.5) is 11.6 Å². The molecule has 0 radical (unpaired) electrons. The lowest BCUT2D eigenvalue weighted by Crippen LogP contribution is -1.96. The van der Waals surface area contributed by atoms with Crippen LogP contribution in [0.2, 0.25) is 5.02 Å². The second-order valence-corrected chi connectivity index (χ2v) is 7.10. The van der Waals surface area contributed by atoms with E-state index < -0.39 is 0 Å². The van der Waals surface area contributed by atoms with Crippen LogP contribution in [0.15, 0.2) is 60.9 Å². The predicted octanol–water partition coefficient (Wildman–Crippen LogP) is 5.55. The Morgan fingerprint density at radius 1 is 1.07 bits per heavy atom. The lowest BCUT2D eigenvalue weighted by Gasteiger charge is -2.04. The summed E-state index contributed by atoms with van der Waals surface area (Å²) >= 11 is 7.37. The van der Waals surface area contributed by atoms with Gasteiger partial charge in [-0.1, -0.05) is 23.7 Å². The summed E-state index contributed by atoms with van der Waals surface area (Å²) in [5.41, 5.74) is 2.94. The highest BCUT2D eigenvalue weighted by Gasteiger charge is 2.09. The minimum Gasteiger partial charge on any atom is -0.324 e. The van der Waals surface area contributed by atoms with Crippen LogP contribution in [0.3, 0.4) is 0 Å². The Balaban J connectivity index is 1.56. The molecule has 4 aromatic rings. The normalized spacial score (nSPS) is 11.3. The van der Waals surface area contributed by atoms with Gasteiger partial charge in [0.15, 0.2) is 0 Å². The van der Waals surface area contributed by atoms with Crippen molar-refractivity contribution in [3.8, 4) is 6.07 Å². The van der Waals surface area contributed by atoms with Gasteiger partial charge < -0.3 is 5.32 Å². The Morgan fingerprint density at radius 3 is 2.52 bits per heavy atom. The second-order valence-electron chi connectivity index (χ2n) is 5.63. The molecule has 0 atom stereocenters. The largest absolute Gasteiger partial charge is 0.324 e. The van der Waals surface area contributed by atoms with E-state index in [-0.39, 0.29) is 0 Å². The number of nitriles is 1. The number of anilines is 2. The van der Waals surface area contributed by atoms with E-state index in [1.165, 1.54) is 11.3 Å². The van der Waals surface area contributed by atoms with E-state index in [0.29, 0.717) is 21.6 Å². The van der Waals surface area contributed by atoms with Crippen LogP contribution in [0.25, 0.3) is 21.9 Å². The molecule has 2 heterocycles. The number of thiazole rings is 1. The second kappa shape index (κ2) is 7.54. The van der Waals surface area contributed by atoms with E-state index in [2.05, 4.69) is 26.3 Å². The summed E-state index contributed by atoms with van der Waals surface area (Å²) in [5.74, 6) is 0.466. The molecule has 7 heteroatoms. The predicted molar refractivity (Wildman–Crippen MR) is 110 cm³/mol. The van der Waals surface area contributed by atoms with Crippen molar-refractivity contribution in [2.45, 2.75) is 0 Å². The Morgan fingerprint density at radius 2 is 1.81 bits per heavy atom. The minimum atomic E-state index is 0.466. The fourth-order valence-corrected chi connectivity index (χ4v) is 3.49. The number of nitrogens with one attached hydrogen (secondary N) is 1. The quantitative estimate of drug-likeness (QED) is 0.463. The van der Waals surface area contributed by atoms with Gasteiger partial charge in [-0.15, -0.1) is 11.3 Å². The molecule has 130 valence electrons. The summed E-state index contributed by atoms with van der Waals surface area (Å²) in [7, 11) is 0. The molecule has 0 fully saturated rings. The number of benzene rings is 2. The first-order chi connectivity index (χ1) is 13.2. The highest BCUT2D eigenvalue weighted by atomic mass is 35.5. The fraction of sp³-hybridized carbons (Fsp3) is 0. The Bertz CT molecular complexity index is 1120. The standard InChI is InChI=1S/C20H12ClN5S/c21-15-5-7-16(8-6-15)25-20-23-11-13(12-24-20)9-14(10-22)19-26-17-3-1-2-4-18(17)27-19/h1-9,11-12H,(H,23,24,25)/b14-9+. The number of allylic oxidation sites excluding steroid dienone is 1. The van der Waals surface area contributed by atoms with E-state index >= 15 is 0 Å². The topological polar surface area (TPSA) is 74.5 Å². The zero-order valence-electron chi connectivity index (χ0n) is 13.9. The molecular weight excluding hydrogens is 378 g/mol. The van der Waals surface area contributed by atoms with Crippen molar-refractivity contribution in [3.63, 3.8) is 0 Å². The molecule has 0 saturated heterocycles. The highest BCUT2D eigenvalue weighted by Crippen LogP contribution is 2.27. The third kappa shape index (κ3) is 3.95. The Hall–Kier alpha value is -3.27. The number of hydrogen-bond acceptors (Lipinski definition) is 6. The van der Waals surface area contributed by atoms with Crippen LogP contribution < -0.4 is 5.32 Å². The maximum atomic E-state index is 9.52. The molecule has 1 N–H and O–H groups in total. The van der Waals surface area contributed by atoms with Crippen LogP contribution in [0.5, 0.6) is 0 Å². The number of aromatic nitrogens is 3. The molecule has 4 rings (SSSR count). The van der Waals surface area contributed by atoms with Gasteiger partial charge >= 0.3 is 0 Å². The number of nitrogens with zero attached hydrogens (tertiary/aromatic N) is 4. The van der Waals surface area contributed by atoms with E-state index in [1.807, 2.05) is 36.4 Å². The molecule has 0 amide bonds. The molecule has 0 saturated carbocycles. The van der Waals surface area contributed by atoms with Crippen LogP contribution in [0.1, 0.15) is 10.6 Å². The molecular formula is C20H12ClN5S. The number of para-hydroxylation sites is 1. The Labute approximate surface area is 164 Å². The van der Waals surface area contributed by atoms with Crippen molar-refractivity contribution in [1.82, 2.24) is 15.0 Å². The Kier molecular flexibility index (Phi) is 4.79. The molecule has 0 aliphatic heterocycles. The summed E-state index contributed by atoms with van der Waals surface area (Å²) in [6.07, 6.45) is 5.07. The number of halogens is 1. The average molecular weight is 390 g/mol. The van der Waals surface area contributed by atoms with Gasteiger partial charge in [-0.2, -0.15) is 5.26 Å². The third-order valence-electron chi connectivity index (χ3n) is 3.73. The highest BCUT2D eigenvalue weighted by molar-refractivity contribution is 7.19. The number of rotatable bonds is 4. The van der Waals surface area contributed by atoms with Crippen molar-refractivity contribution in [1.29, 1.82) is 5.26 Å². The lowest BCUT2D eigenvalue weighted by molar-refractivity contribution is 1.16. The van der Waals surface area contributed by atoms with Crippen molar-refractivity contribution in [2.75, 3.05) is 5.32 Å². The van der Waals surface area contributed by atoms with E-state index in [4.69, 9.17) is 11.6 Å². The van der Waals surface area contributed by atoms with Crippen LogP contribution in [-0.4, -0.2) is 15.0 Å². The summed E-state index contributed by atoms with van der Waals surface area (Å²) in [6.45, 7) is 0. The molecule has 0 spiro atoms. The summed E-state index contributed by atoms with van der Waals surface area (Å²) in [5, 5.41) is 14.0. The third-order valence-corrected chi connectivity index (χ3v) is 5.05. The van der Waals surface area contributed by atoms with Gasteiger partial charge in [0.2, 0.25) is 5.95 Å². The molecule has 5 nitrogen and oxygen atoms in total. The number of hydrogen-bond donors (Lipinski definition) is 1. The van der Waals surface area contributed by atoms with E-state index in [9.17, 15) is 5.26 Å². The van der Waals surface area contributed by atoms with Gasteiger partial charge in [-0.05, 0) is 42.5 Å². The smallest absolute Gasteiger partial charge is 0.227 e. The van der Waals surface area contributed by atoms with Gasteiger partial charge in [0.25, 0.3) is 0 Å². The fourth-order valence-electron chi connectivity index (χ4n) is 2.44. The first kappa shape index (κ1) is 17.2. The molecule has 2 aromatic carbocycles. The van der Waals surface area contributed by atoms with Gasteiger partial charge in [-0.3, -0.25) is 0 Å². The van der Waals surface area contributed by atoms with Crippen molar-refractivity contribution in [2.24, 2.45) is 0 Å². The number of fused-ring (bicyclic) bond motifs is 1. The summed E-state index contributed by atoms with van der Waals surface area (Å²) < 4.78 is 1.05. The van der Waals surface area contributed by atoms with Gasteiger partial charge in [0.1, 0.15) is 11.1 Å². The van der Waals surface area contributed by atoms with Crippen LogP contribution in [-0.2, 0) is 0 Å². The van der Waals surface area contributed by atoms with Crippen LogP contribution >= 0.6 is 22.9 Å². The van der Waals surface area contributed by atoms with Gasteiger partial charge in [0, 0.05) is 28.7 Å². The molecule has 0 bridgehead atoms. The monoisotopic (exact) mass is 389 g/mol. The minimum absolute atomic E-state index is 0.466. The SMILES string of the molecule is N#C/C(=C\c1cnc(Nc2ccc(Cl)cc2)nc1)c1nc2ccccc2s1. The first-order valence-corrected chi connectivity index (χ1v) is 9.23. The molecule has 27 heavy (non-hydrogen) atoms. The van der Waals surface area contributed by atoms with Crippen LogP contribution in [0, 0.1) is 11.3 Å². The lowest BCUT2D eigenvalue weighted by atomic mass is 10.2. The molecule has 2 aromatic heterocycles. The molecule has 0 aliphatic rings. The maximum Gasteiger partial charge on any atom is 0.227 e. The average Bonchev–Trinajstić information content (AvgIpc) is 3.13. The van der Waals surface area contributed by atoms with E-state index in [1.54, 1.807) is 30.6 Å².